The Morgan fingerprint density at radius 3 is 2.76 bits per heavy atom. The molecule has 0 bridgehead atoms. The van der Waals surface area contributed by atoms with Crippen LogP contribution in [0.4, 0.5) is 4.39 Å². The summed E-state index contributed by atoms with van der Waals surface area (Å²) >= 11 is 0. The van der Waals surface area contributed by atoms with Crippen molar-refractivity contribution in [2.24, 2.45) is 5.92 Å². The highest BCUT2D eigenvalue weighted by Crippen LogP contribution is 2.36. The predicted molar refractivity (Wildman–Crippen MR) is 75.9 cm³/mol. The molecule has 3 rings (SSSR count). The predicted octanol–water partition coefficient (Wildman–Crippen LogP) is 0.775. The van der Waals surface area contributed by atoms with Crippen molar-refractivity contribution in [2.75, 3.05) is 33.9 Å². The molecule has 3 atom stereocenters. The standard InChI is InChI=1S/C14H19FN2O3S/c1-16(2)13-7-17(14-9-20-8-12(13)14)21(18,19)11-5-3-4-10(15)6-11/h3-6,12-14H,7-9H2,1-2H3/t12-,13-,14-/m1/s1. The molecular formula is C14H19FN2O3S. The van der Waals surface area contributed by atoms with E-state index in [1.165, 1.54) is 22.5 Å². The maximum absolute atomic E-state index is 13.3. The molecule has 0 aromatic heterocycles. The van der Waals surface area contributed by atoms with Crippen molar-refractivity contribution >= 4 is 10.0 Å². The van der Waals surface area contributed by atoms with Crippen LogP contribution < -0.4 is 0 Å². The first kappa shape index (κ1) is 14.9. The van der Waals surface area contributed by atoms with Gasteiger partial charge in [-0.15, -0.1) is 0 Å². The number of fused-ring (bicyclic) bond motifs is 1. The fourth-order valence-corrected chi connectivity index (χ4v) is 4.97. The van der Waals surface area contributed by atoms with Gasteiger partial charge in [0.15, 0.2) is 0 Å². The Labute approximate surface area is 124 Å². The minimum atomic E-state index is -3.70. The van der Waals surface area contributed by atoms with Gasteiger partial charge >= 0.3 is 0 Å². The molecule has 5 nitrogen and oxygen atoms in total. The van der Waals surface area contributed by atoms with Crippen LogP contribution in [0.15, 0.2) is 29.2 Å². The first-order valence-corrected chi connectivity index (χ1v) is 8.37. The van der Waals surface area contributed by atoms with Gasteiger partial charge in [0, 0.05) is 18.5 Å². The second kappa shape index (κ2) is 5.31. The first-order chi connectivity index (χ1) is 9.91. The number of ether oxygens (including phenoxy) is 1. The fraction of sp³-hybridized carbons (Fsp3) is 0.571. The maximum atomic E-state index is 13.3. The van der Waals surface area contributed by atoms with E-state index in [-0.39, 0.29) is 22.9 Å². The van der Waals surface area contributed by atoms with E-state index in [0.717, 1.165) is 6.07 Å². The van der Waals surface area contributed by atoms with Gasteiger partial charge in [-0.25, -0.2) is 12.8 Å². The third-order valence-electron chi connectivity index (χ3n) is 4.39. The summed E-state index contributed by atoms with van der Waals surface area (Å²) in [4.78, 5) is 2.04. The monoisotopic (exact) mass is 314 g/mol. The molecule has 1 aromatic carbocycles. The zero-order valence-corrected chi connectivity index (χ0v) is 12.9. The molecule has 2 aliphatic heterocycles. The Kier molecular flexibility index (Phi) is 3.77. The van der Waals surface area contributed by atoms with Gasteiger partial charge in [-0.1, -0.05) is 6.07 Å². The van der Waals surface area contributed by atoms with E-state index in [9.17, 15) is 12.8 Å². The van der Waals surface area contributed by atoms with Crippen LogP contribution in [-0.4, -0.2) is 63.6 Å². The molecule has 116 valence electrons. The van der Waals surface area contributed by atoms with Crippen LogP contribution in [0.25, 0.3) is 0 Å². The van der Waals surface area contributed by atoms with E-state index in [1.54, 1.807) is 0 Å². The lowest BCUT2D eigenvalue weighted by atomic mass is 9.99. The van der Waals surface area contributed by atoms with Crippen LogP contribution in [0.5, 0.6) is 0 Å². The lowest BCUT2D eigenvalue weighted by molar-refractivity contribution is 0.143. The van der Waals surface area contributed by atoms with Crippen molar-refractivity contribution in [3.05, 3.63) is 30.1 Å². The highest BCUT2D eigenvalue weighted by molar-refractivity contribution is 7.89. The lowest BCUT2D eigenvalue weighted by Crippen LogP contribution is -2.38. The van der Waals surface area contributed by atoms with Crippen molar-refractivity contribution in [1.82, 2.24) is 9.21 Å². The molecule has 2 aliphatic rings. The van der Waals surface area contributed by atoms with Gasteiger partial charge in [-0.3, -0.25) is 0 Å². The number of likely N-dealkylation sites (N-methyl/N-ethyl adjacent to an activating group) is 1. The number of hydrogen-bond acceptors (Lipinski definition) is 4. The van der Waals surface area contributed by atoms with Gasteiger partial charge < -0.3 is 9.64 Å². The lowest BCUT2D eigenvalue weighted by Gasteiger charge is -2.23. The first-order valence-electron chi connectivity index (χ1n) is 6.93. The Bertz CT molecular complexity index is 635. The molecule has 7 heteroatoms. The molecule has 2 fully saturated rings. The number of rotatable bonds is 3. The van der Waals surface area contributed by atoms with Crippen LogP contribution in [0.2, 0.25) is 0 Å². The van der Waals surface area contributed by atoms with Crippen molar-refractivity contribution in [1.29, 1.82) is 0 Å². The van der Waals surface area contributed by atoms with Gasteiger partial charge in [-0.2, -0.15) is 4.31 Å². The SMILES string of the molecule is CN(C)[C@@H]1CN(S(=O)(=O)c2cccc(F)c2)[C@@H]2COC[C@H]12. The molecule has 0 amide bonds. The molecule has 1 aromatic rings. The van der Waals surface area contributed by atoms with Crippen molar-refractivity contribution in [3.63, 3.8) is 0 Å². The molecule has 0 unspecified atom stereocenters. The number of benzene rings is 1. The van der Waals surface area contributed by atoms with E-state index < -0.39 is 15.8 Å². The van der Waals surface area contributed by atoms with Gasteiger partial charge in [0.25, 0.3) is 0 Å². The summed E-state index contributed by atoms with van der Waals surface area (Å²) in [5.41, 5.74) is 0. The second-order valence-corrected chi connectivity index (χ2v) is 7.72. The zero-order chi connectivity index (χ0) is 15.2. The summed E-state index contributed by atoms with van der Waals surface area (Å²) in [6.07, 6.45) is 0. The molecule has 0 saturated carbocycles. The quantitative estimate of drug-likeness (QED) is 0.827. The number of halogens is 1. The molecule has 21 heavy (non-hydrogen) atoms. The van der Waals surface area contributed by atoms with Crippen LogP contribution in [0.3, 0.4) is 0 Å². The average molecular weight is 314 g/mol. The van der Waals surface area contributed by atoms with Crippen molar-refractivity contribution in [2.45, 2.75) is 17.0 Å². The molecule has 0 aliphatic carbocycles. The Morgan fingerprint density at radius 1 is 1.33 bits per heavy atom. The van der Waals surface area contributed by atoms with E-state index in [0.29, 0.717) is 19.8 Å². The minimum Gasteiger partial charge on any atom is -0.379 e. The number of sulfonamides is 1. The third-order valence-corrected chi connectivity index (χ3v) is 6.28. The van der Waals surface area contributed by atoms with Crippen molar-refractivity contribution < 1.29 is 17.5 Å². The fourth-order valence-electron chi connectivity index (χ4n) is 3.26. The summed E-state index contributed by atoms with van der Waals surface area (Å²) in [6.45, 7) is 1.40. The van der Waals surface area contributed by atoms with Gasteiger partial charge in [-0.05, 0) is 32.3 Å². The molecule has 0 spiro atoms. The van der Waals surface area contributed by atoms with Crippen LogP contribution in [-0.2, 0) is 14.8 Å². The summed E-state index contributed by atoms with van der Waals surface area (Å²) in [5, 5.41) is 0. The molecule has 2 heterocycles. The molecule has 2 saturated heterocycles. The van der Waals surface area contributed by atoms with E-state index >= 15 is 0 Å². The Hall–Kier alpha value is -1.02. The van der Waals surface area contributed by atoms with Gasteiger partial charge in [0.1, 0.15) is 5.82 Å². The van der Waals surface area contributed by atoms with Crippen molar-refractivity contribution in [3.8, 4) is 0 Å². The normalized spacial score (nSPS) is 30.0. The third kappa shape index (κ3) is 2.48. The number of hydrogen-bond donors (Lipinski definition) is 0. The smallest absolute Gasteiger partial charge is 0.243 e. The Balaban J connectivity index is 1.96. The minimum absolute atomic E-state index is 0.00700. The molecule has 0 radical (unpaired) electrons. The molecule has 0 N–H and O–H groups in total. The maximum Gasteiger partial charge on any atom is 0.243 e. The Morgan fingerprint density at radius 2 is 2.10 bits per heavy atom. The van der Waals surface area contributed by atoms with E-state index in [2.05, 4.69) is 0 Å². The largest absolute Gasteiger partial charge is 0.379 e. The number of nitrogens with zero attached hydrogens (tertiary/aromatic N) is 2. The van der Waals surface area contributed by atoms with E-state index in [4.69, 9.17) is 4.74 Å². The summed E-state index contributed by atoms with van der Waals surface area (Å²) in [5.74, 6) is -0.373. The zero-order valence-electron chi connectivity index (χ0n) is 12.1. The highest BCUT2D eigenvalue weighted by atomic mass is 32.2. The van der Waals surface area contributed by atoms with Gasteiger partial charge in [0.05, 0.1) is 24.2 Å². The van der Waals surface area contributed by atoms with Crippen LogP contribution >= 0.6 is 0 Å². The van der Waals surface area contributed by atoms with Crippen LogP contribution in [0.1, 0.15) is 0 Å². The highest BCUT2D eigenvalue weighted by Gasteiger charge is 2.50. The van der Waals surface area contributed by atoms with Crippen LogP contribution in [0, 0.1) is 11.7 Å². The van der Waals surface area contributed by atoms with Gasteiger partial charge in [0.2, 0.25) is 10.0 Å². The summed E-state index contributed by atoms with van der Waals surface area (Å²) in [6, 6.07) is 5.14. The second-order valence-electron chi connectivity index (χ2n) is 5.83. The topological polar surface area (TPSA) is 49.9 Å². The summed E-state index contributed by atoms with van der Waals surface area (Å²) in [7, 11) is 0.190. The molecular weight excluding hydrogens is 295 g/mol. The van der Waals surface area contributed by atoms with E-state index in [1.807, 2.05) is 19.0 Å². The average Bonchev–Trinajstić information content (AvgIpc) is 2.99. The summed E-state index contributed by atoms with van der Waals surface area (Å²) < 4.78 is 45.9.